The number of benzene rings is 1. The van der Waals surface area contributed by atoms with Gasteiger partial charge in [-0.15, -0.1) is 0 Å². The van der Waals surface area contributed by atoms with Crippen molar-refractivity contribution >= 4 is 15.9 Å². The topological polar surface area (TPSA) is 35.5 Å². The lowest BCUT2D eigenvalue weighted by Crippen LogP contribution is -2.49. The van der Waals surface area contributed by atoms with Crippen molar-refractivity contribution in [3.8, 4) is 0 Å². The standard InChI is InChI=1S/C15H22BrFN2O/c1-15(2,10-20)14(19-7-5-18-6-8-19)12-9-11(16)3-4-13(12)17/h3-4,9,14,18,20H,5-8,10H2,1-2H3/t14-/m0/s1. The summed E-state index contributed by atoms with van der Waals surface area (Å²) < 4.78 is 15.2. The van der Waals surface area contributed by atoms with Crippen LogP contribution in [-0.4, -0.2) is 42.8 Å². The molecule has 5 heteroatoms. The molecule has 1 fully saturated rings. The van der Waals surface area contributed by atoms with E-state index in [1.807, 2.05) is 19.9 Å². The number of aliphatic hydroxyl groups is 1. The van der Waals surface area contributed by atoms with Crippen LogP contribution in [0.25, 0.3) is 0 Å². The van der Waals surface area contributed by atoms with E-state index in [9.17, 15) is 9.50 Å². The van der Waals surface area contributed by atoms with E-state index in [1.165, 1.54) is 6.07 Å². The molecule has 1 heterocycles. The molecule has 2 N–H and O–H groups in total. The summed E-state index contributed by atoms with van der Waals surface area (Å²) in [5, 5.41) is 13.0. The molecule has 3 nitrogen and oxygen atoms in total. The van der Waals surface area contributed by atoms with Crippen molar-refractivity contribution < 1.29 is 9.50 Å². The van der Waals surface area contributed by atoms with E-state index >= 15 is 0 Å². The summed E-state index contributed by atoms with van der Waals surface area (Å²) >= 11 is 3.42. The smallest absolute Gasteiger partial charge is 0.128 e. The highest BCUT2D eigenvalue weighted by Gasteiger charge is 2.37. The first kappa shape index (κ1) is 15.9. The molecule has 0 aliphatic carbocycles. The lowest BCUT2D eigenvalue weighted by molar-refractivity contribution is 0.0286. The van der Waals surface area contributed by atoms with Crippen molar-refractivity contribution in [3.05, 3.63) is 34.1 Å². The Morgan fingerprint density at radius 2 is 2.05 bits per heavy atom. The molecule has 0 saturated carbocycles. The number of rotatable bonds is 4. The van der Waals surface area contributed by atoms with Crippen LogP contribution < -0.4 is 5.32 Å². The van der Waals surface area contributed by atoms with Gasteiger partial charge in [0.25, 0.3) is 0 Å². The number of nitrogens with one attached hydrogen (secondary N) is 1. The van der Waals surface area contributed by atoms with E-state index in [2.05, 4.69) is 26.1 Å². The fourth-order valence-corrected chi connectivity index (χ4v) is 3.24. The van der Waals surface area contributed by atoms with Gasteiger partial charge in [-0.2, -0.15) is 0 Å². The predicted molar refractivity (Wildman–Crippen MR) is 82.2 cm³/mol. The first-order valence-electron chi connectivity index (χ1n) is 6.96. The third-order valence-electron chi connectivity index (χ3n) is 3.92. The Kier molecular flexibility index (Phi) is 5.18. The fraction of sp³-hybridized carbons (Fsp3) is 0.600. The Hall–Kier alpha value is -0.490. The van der Waals surface area contributed by atoms with E-state index in [0.717, 1.165) is 30.7 Å². The molecule has 0 spiro atoms. The van der Waals surface area contributed by atoms with Gasteiger partial charge in [-0.1, -0.05) is 29.8 Å². The van der Waals surface area contributed by atoms with Crippen molar-refractivity contribution in [1.29, 1.82) is 0 Å². The minimum absolute atomic E-state index is 0.0214. The third kappa shape index (κ3) is 3.39. The maximum Gasteiger partial charge on any atom is 0.128 e. The van der Waals surface area contributed by atoms with Gasteiger partial charge in [-0.3, -0.25) is 4.90 Å². The monoisotopic (exact) mass is 344 g/mol. The zero-order chi connectivity index (χ0) is 14.8. The SMILES string of the molecule is CC(C)(CO)[C@H](c1cc(Br)ccc1F)N1CCNCC1. The van der Waals surface area contributed by atoms with E-state index in [1.54, 1.807) is 6.07 Å². The zero-order valence-electron chi connectivity index (χ0n) is 12.0. The number of aliphatic hydroxyl groups excluding tert-OH is 1. The Bertz CT molecular complexity index is 461. The summed E-state index contributed by atoms with van der Waals surface area (Å²) in [5.41, 5.74) is 0.249. The molecule has 0 unspecified atom stereocenters. The Labute approximate surface area is 128 Å². The fourth-order valence-electron chi connectivity index (χ4n) is 2.86. The van der Waals surface area contributed by atoms with Crippen LogP contribution in [0.3, 0.4) is 0 Å². The van der Waals surface area contributed by atoms with Crippen LogP contribution in [0.15, 0.2) is 22.7 Å². The van der Waals surface area contributed by atoms with Gasteiger partial charge >= 0.3 is 0 Å². The average molecular weight is 345 g/mol. The molecule has 0 radical (unpaired) electrons. The molecule has 2 rings (SSSR count). The Morgan fingerprint density at radius 3 is 2.65 bits per heavy atom. The lowest BCUT2D eigenvalue weighted by atomic mass is 9.79. The van der Waals surface area contributed by atoms with Crippen LogP contribution in [0, 0.1) is 11.2 Å². The first-order chi connectivity index (χ1) is 9.45. The summed E-state index contributed by atoms with van der Waals surface area (Å²) in [7, 11) is 0. The minimum Gasteiger partial charge on any atom is -0.396 e. The summed E-state index contributed by atoms with van der Waals surface area (Å²) in [6, 6.07) is 4.90. The van der Waals surface area contributed by atoms with Gasteiger partial charge in [0, 0.05) is 54.3 Å². The maximum absolute atomic E-state index is 14.3. The molecule has 0 bridgehead atoms. The van der Waals surface area contributed by atoms with Crippen LogP contribution in [0.4, 0.5) is 4.39 Å². The van der Waals surface area contributed by atoms with E-state index < -0.39 is 5.41 Å². The van der Waals surface area contributed by atoms with Crippen molar-refractivity contribution in [2.24, 2.45) is 5.41 Å². The Morgan fingerprint density at radius 1 is 1.40 bits per heavy atom. The predicted octanol–water partition coefficient (Wildman–Crippen LogP) is 2.55. The largest absolute Gasteiger partial charge is 0.396 e. The van der Waals surface area contributed by atoms with Gasteiger partial charge in [0.15, 0.2) is 0 Å². The van der Waals surface area contributed by atoms with Crippen molar-refractivity contribution in [1.82, 2.24) is 10.2 Å². The van der Waals surface area contributed by atoms with Crippen molar-refractivity contribution in [2.45, 2.75) is 19.9 Å². The maximum atomic E-state index is 14.3. The zero-order valence-corrected chi connectivity index (χ0v) is 13.6. The molecule has 0 aromatic heterocycles. The van der Waals surface area contributed by atoms with Gasteiger partial charge in [-0.25, -0.2) is 4.39 Å². The highest BCUT2D eigenvalue weighted by atomic mass is 79.9. The molecule has 112 valence electrons. The van der Waals surface area contributed by atoms with Gasteiger partial charge in [0.2, 0.25) is 0 Å². The van der Waals surface area contributed by atoms with Crippen LogP contribution in [0.5, 0.6) is 0 Å². The average Bonchev–Trinajstić information content (AvgIpc) is 2.44. The highest BCUT2D eigenvalue weighted by Crippen LogP contribution is 2.40. The molecule has 0 amide bonds. The quantitative estimate of drug-likeness (QED) is 0.881. The molecule has 1 aromatic carbocycles. The number of halogens is 2. The number of nitrogens with zero attached hydrogens (tertiary/aromatic N) is 1. The second-order valence-electron chi connectivity index (χ2n) is 6.00. The molecule has 1 aromatic rings. The van der Waals surface area contributed by atoms with Crippen LogP contribution >= 0.6 is 15.9 Å². The molecular formula is C15H22BrFN2O. The minimum atomic E-state index is -0.404. The number of piperazine rings is 1. The van der Waals surface area contributed by atoms with E-state index in [-0.39, 0.29) is 18.5 Å². The highest BCUT2D eigenvalue weighted by molar-refractivity contribution is 9.10. The number of hydrogen-bond acceptors (Lipinski definition) is 3. The van der Waals surface area contributed by atoms with E-state index in [0.29, 0.717) is 5.56 Å². The van der Waals surface area contributed by atoms with Gasteiger partial charge < -0.3 is 10.4 Å². The van der Waals surface area contributed by atoms with E-state index in [4.69, 9.17) is 0 Å². The summed E-state index contributed by atoms with van der Waals surface area (Å²) in [6.07, 6.45) is 0. The molecule has 1 saturated heterocycles. The van der Waals surface area contributed by atoms with Gasteiger partial charge in [0.1, 0.15) is 5.82 Å². The second-order valence-corrected chi connectivity index (χ2v) is 6.92. The van der Waals surface area contributed by atoms with Crippen LogP contribution in [0.1, 0.15) is 25.5 Å². The molecule has 20 heavy (non-hydrogen) atoms. The molecular weight excluding hydrogens is 323 g/mol. The summed E-state index contributed by atoms with van der Waals surface area (Å²) in [4.78, 5) is 2.26. The third-order valence-corrected chi connectivity index (χ3v) is 4.41. The normalized spacial score (nSPS) is 19.1. The molecule has 1 aliphatic heterocycles. The summed E-state index contributed by atoms with van der Waals surface area (Å²) in [6.45, 7) is 7.51. The summed E-state index contributed by atoms with van der Waals surface area (Å²) in [5.74, 6) is -0.210. The van der Waals surface area contributed by atoms with Crippen molar-refractivity contribution in [3.63, 3.8) is 0 Å². The lowest BCUT2D eigenvalue weighted by Gasteiger charge is -2.43. The molecule has 1 atom stereocenters. The second kappa shape index (κ2) is 6.52. The van der Waals surface area contributed by atoms with Crippen LogP contribution in [0.2, 0.25) is 0 Å². The van der Waals surface area contributed by atoms with Gasteiger partial charge in [-0.05, 0) is 18.2 Å². The first-order valence-corrected chi connectivity index (χ1v) is 7.75. The molecule has 1 aliphatic rings. The van der Waals surface area contributed by atoms with Crippen LogP contribution in [-0.2, 0) is 0 Å². The Balaban J connectivity index is 2.42. The van der Waals surface area contributed by atoms with Crippen molar-refractivity contribution in [2.75, 3.05) is 32.8 Å². The number of hydrogen-bond donors (Lipinski definition) is 2. The van der Waals surface area contributed by atoms with Gasteiger partial charge in [0.05, 0.1) is 0 Å².